The molecule has 1 unspecified atom stereocenters. The first-order valence-electron chi connectivity index (χ1n) is 4.46. The van der Waals surface area contributed by atoms with Crippen LogP contribution in [0.25, 0.3) is 0 Å². The van der Waals surface area contributed by atoms with Gasteiger partial charge >= 0.3 is 5.97 Å². The Balaban J connectivity index is 3.53. The molecular formula is C10H11FO4S. The average molecular weight is 246 g/mol. The van der Waals surface area contributed by atoms with Crippen molar-refractivity contribution in [3.63, 3.8) is 0 Å². The summed E-state index contributed by atoms with van der Waals surface area (Å²) in [6.45, 7) is 1.31. The number of halogens is 1. The van der Waals surface area contributed by atoms with Crippen LogP contribution in [0.15, 0.2) is 23.1 Å². The summed E-state index contributed by atoms with van der Waals surface area (Å²) in [7, 11) is -3.78. The van der Waals surface area contributed by atoms with E-state index in [4.69, 9.17) is 5.11 Å². The Morgan fingerprint density at radius 1 is 1.44 bits per heavy atom. The van der Waals surface area contributed by atoms with Gasteiger partial charge in [-0.15, -0.1) is 0 Å². The predicted molar refractivity (Wildman–Crippen MR) is 55.6 cm³/mol. The number of aliphatic carboxylic acids is 1. The van der Waals surface area contributed by atoms with Crippen molar-refractivity contribution in [3.05, 3.63) is 29.6 Å². The fraction of sp³-hybridized carbons (Fsp3) is 0.300. The van der Waals surface area contributed by atoms with Crippen molar-refractivity contribution in [2.24, 2.45) is 0 Å². The molecule has 88 valence electrons. The number of carboxylic acids is 1. The van der Waals surface area contributed by atoms with E-state index < -0.39 is 32.4 Å². The number of sulfone groups is 1. The number of hydrogen-bond donors (Lipinski definition) is 1. The van der Waals surface area contributed by atoms with Gasteiger partial charge in [-0.1, -0.05) is 12.1 Å². The topological polar surface area (TPSA) is 71.4 Å². The highest BCUT2D eigenvalue weighted by Crippen LogP contribution is 2.26. The van der Waals surface area contributed by atoms with E-state index >= 15 is 0 Å². The van der Waals surface area contributed by atoms with E-state index in [1.807, 2.05) is 0 Å². The average Bonchev–Trinajstić information content (AvgIpc) is 2.14. The summed E-state index contributed by atoms with van der Waals surface area (Å²) in [4.78, 5) is 10.2. The lowest BCUT2D eigenvalue weighted by Gasteiger charge is -2.12. The van der Waals surface area contributed by atoms with Crippen LogP contribution in [0.4, 0.5) is 4.39 Å². The molecule has 1 aromatic rings. The first-order chi connectivity index (χ1) is 7.25. The largest absolute Gasteiger partial charge is 0.481 e. The van der Waals surface area contributed by atoms with E-state index in [0.29, 0.717) is 0 Å². The molecule has 0 aliphatic heterocycles. The molecule has 0 radical (unpaired) electrons. The third-order valence-electron chi connectivity index (χ3n) is 2.21. The van der Waals surface area contributed by atoms with Crippen LogP contribution in [-0.2, 0) is 14.6 Å². The van der Waals surface area contributed by atoms with Crippen LogP contribution >= 0.6 is 0 Å². The van der Waals surface area contributed by atoms with E-state index in [1.165, 1.54) is 19.1 Å². The number of hydrogen-bond acceptors (Lipinski definition) is 3. The summed E-state index contributed by atoms with van der Waals surface area (Å²) in [5.41, 5.74) is -0.0324. The van der Waals surface area contributed by atoms with Crippen molar-refractivity contribution < 1.29 is 22.7 Å². The molecule has 0 saturated heterocycles. The Morgan fingerprint density at radius 2 is 2.00 bits per heavy atom. The van der Waals surface area contributed by atoms with E-state index in [9.17, 15) is 17.6 Å². The Labute approximate surface area is 92.6 Å². The van der Waals surface area contributed by atoms with Gasteiger partial charge in [-0.05, 0) is 18.6 Å². The van der Waals surface area contributed by atoms with Crippen LogP contribution < -0.4 is 0 Å². The van der Waals surface area contributed by atoms with E-state index in [2.05, 4.69) is 0 Å². The summed E-state index contributed by atoms with van der Waals surface area (Å²) in [6.07, 6.45) is 0.851. The number of benzene rings is 1. The minimum absolute atomic E-state index is 0.0324. The quantitative estimate of drug-likeness (QED) is 0.875. The van der Waals surface area contributed by atoms with Gasteiger partial charge in [0, 0.05) is 6.26 Å². The van der Waals surface area contributed by atoms with Gasteiger partial charge in [0.25, 0.3) is 0 Å². The van der Waals surface area contributed by atoms with Crippen molar-refractivity contribution in [2.75, 3.05) is 6.26 Å². The summed E-state index contributed by atoms with van der Waals surface area (Å²) in [6, 6.07) is 3.59. The van der Waals surface area contributed by atoms with Gasteiger partial charge in [0.2, 0.25) is 0 Å². The first kappa shape index (κ1) is 12.6. The number of carboxylic acid groups (broad SMARTS) is 1. The zero-order chi connectivity index (χ0) is 12.5. The minimum atomic E-state index is -3.78. The standard InChI is InChI=1S/C10H11FO4S/c1-6(10(12)13)7-4-3-5-8(11)9(7)16(2,14)15/h3-6H,1-2H3,(H,12,13). The highest BCUT2D eigenvalue weighted by atomic mass is 32.2. The molecule has 1 atom stereocenters. The molecule has 1 aromatic carbocycles. The Kier molecular flexibility index (Phi) is 3.32. The minimum Gasteiger partial charge on any atom is -0.481 e. The van der Waals surface area contributed by atoms with Gasteiger partial charge in [-0.3, -0.25) is 4.79 Å². The molecule has 16 heavy (non-hydrogen) atoms. The van der Waals surface area contributed by atoms with Crippen molar-refractivity contribution in [2.45, 2.75) is 17.7 Å². The van der Waals surface area contributed by atoms with Crippen LogP contribution in [0.5, 0.6) is 0 Å². The summed E-state index contributed by atoms with van der Waals surface area (Å²) >= 11 is 0. The summed E-state index contributed by atoms with van der Waals surface area (Å²) in [5.74, 6) is -3.19. The Bertz CT molecular complexity index is 522. The molecule has 0 aliphatic carbocycles. The molecular weight excluding hydrogens is 235 g/mol. The first-order valence-corrected chi connectivity index (χ1v) is 6.35. The summed E-state index contributed by atoms with van der Waals surface area (Å²) in [5, 5.41) is 8.80. The number of rotatable bonds is 3. The second-order valence-corrected chi connectivity index (χ2v) is 5.44. The van der Waals surface area contributed by atoms with Gasteiger partial charge in [0.1, 0.15) is 10.7 Å². The molecule has 4 nitrogen and oxygen atoms in total. The van der Waals surface area contributed by atoms with Crippen molar-refractivity contribution >= 4 is 15.8 Å². The van der Waals surface area contributed by atoms with Crippen molar-refractivity contribution in [1.82, 2.24) is 0 Å². The molecule has 0 bridgehead atoms. The predicted octanol–water partition coefficient (Wildman–Crippen LogP) is 1.42. The third kappa shape index (κ3) is 2.38. The molecule has 0 aromatic heterocycles. The van der Waals surface area contributed by atoms with Crippen molar-refractivity contribution in [3.8, 4) is 0 Å². The molecule has 0 saturated carbocycles. The lowest BCUT2D eigenvalue weighted by atomic mass is 10.0. The van der Waals surface area contributed by atoms with Gasteiger partial charge in [-0.25, -0.2) is 12.8 Å². The second kappa shape index (κ2) is 4.21. The molecule has 1 N–H and O–H groups in total. The maximum atomic E-state index is 13.4. The molecule has 6 heteroatoms. The third-order valence-corrected chi connectivity index (χ3v) is 3.38. The van der Waals surface area contributed by atoms with Crippen LogP contribution in [0, 0.1) is 5.82 Å². The lowest BCUT2D eigenvalue weighted by molar-refractivity contribution is -0.138. The SMILES string of the molecule is CC(C(=O)O)c1cccc(F)c1S(C)(=O)=O. The van der Waals surface area contributed by atoms with Crippen LogP contribution in [0.2, 0.25) is 0 Å². The zero-order valence-electron chi connectivity index (χ0n) is 8.77. The molecule has 0 heterocycles. The van der Waals surface area contributed by atoms with Crippen LogP contribution in [0.1, 0.15) is 18.4 Å². The van der Waals surface area contributed by atoms with E-state index in [-0.39, 0.29) is 5.56 Å². The maximum absolute atomic E-state index is 13.4. The van der Waals surface area contributed by atoms with Crippen LogP contribution in [0.3, 0.4) is 0 Å². The highest BCUT2D eigenvalue weighted by molar-refractivity contribution is 7.90. The molecule has 0 aliphatic rings. The maximum Gasteiger partial charge on any atom is 0.310 e. The smallest absolute Gasteiger partial charge is 0.310 e. The molecule has 1 rings (SSSR count). The number of carbonyl (C=O) groups is 1. The molecule has 0 fully saturated rings. The lowest BCUT2D eigenvalue weighted by Crippen LogP contribution is -2.13. The van der Waals surface area contributed by atoms with Gasteiger partial charge in [-0.2, -0.15) is 0 Å². The van der Waals surface area contributed by atoms with Gasteiger partial charge < -0.3 is 5.11 Å². The molecule has 0 spiro atoms. The monoisotopic (exact) mass is 246 g/mol. The Hall–Kier alpha value is -1.43. The summed E-state index contributed by atoms with van der Waals surface area (Å²) < 4.78 is 36.1. The second-order valence-electron chi connectivity index (χ2n) is 3.49. The Morgan fingerprint density at radius 3 is 2.44 bits per heavy atom. The fourth-order valence-corrected chi connectivity index (χ4v) is 2.49. The van der Waals surface area contributed by atoms with E-state index in [0.717, 1.165) is 12.3 Å². The van der Waals surface area contributed by atoms with E-state index in [1.54, 1.807) is 0 Å². The molecule has 0 amide bonds. The fourth-order valence-electron chi connectivity index (χ4n) is 1.39. The van der Waals surface area contributed by atoms with Crippen molar-refractivity contribution in [1.29, 1.82) is 0 Å². The normalized spacial score (nSPS) is 13.4. The zero-order valence-corrected chi connectivity index (χ0v) is 9.58. The van der Waals surface area contributed by atoms with Gasteiger partial charge in [0.15, 0.2) is 9.84 Å². The highest BCUT2D eigenvalue weighted by Gasteiger charge is 2.25. The van der Waals surface area contributed by atoms with Crippen LogP contribution in [-0.4, -0.2) is 25.7 Å². The van der Waals surface area contributed by atoms with Gasteiger partial charge in [0.05, 0.1) is 5.92 Å².